The number of hydrogen-bond acceptors (Lipinski definition) is 3. The second-order valence-corrected chi connectivity index (χ2v) is 4.30. The first-order valence-electron chi connectivity index (χ1n) is 5.89. The van der Waals surface area contributed by atoms with Crippen molar-refractivity contribution in [3.8, 4) is 5.75 Å². The number of benzene rings is 1. The van der Waals surface area contributed by atoms with Gasteiger partial charge in [-0.25, -0.2) is 0 Å². The lowest BCUT2D eigenvalue weighted by molar-refractivity contribution is -0.133. The number of ether oxygens (including phenoxy) is 1. The maximum Gasteiger partial charge on any atom is 0.229 e. The number of Topliss-reactive ketones (excluding diaryl/α,β-unsaturated/α-hetero) is 1. The number of likely N-dealkylation sites (N-methyl/N-ethyl adjacent to an activating group) is 1. The first-order valence-corrected chi connectivity index (χ1v) is 5.89. The van der Waals surface area contributed by atoms with Crippen LogP contribution >= 0.6 is 0 Å². The summed E-state index contributed by atoms with van der Waals surface area (Å²) in [7, 11) is 3.34. The molecule has 0 heterocycles. The molecule has 0 N–H and O–H groups in total. The van der Waals surface area contributed by atoms with Gasteiger partial charge < -0.3 is 9.64 Å². The van der Waals surface area contributed by atoms with E-state index in [9.17, 15) is 9.59 Å². The van der Waals surface area contributed by atoms with E-state index in [4.69, 9.17) is 4.74 Å². The van der Waals surface area contributed by atoms with E-state index in [-0.39, 0.29) is 18.1 Å². The summed E-state index contributed by atoms with van der Waals surface area (Å²) in [6.07, 6.45) is 0.728. The highest BCUT2D eigenvalue weighted by Crippen LogP contribution is 2.13. The number of hydrogen-bond donors (Lipinski definition) is 0. The summed E-state index contributed by atoms with van der Waals surface area (Å²) in [4.78, 5) is 24.0. The molecule has 0 saturated heterocycles. The number of carbonyl (C=O) groups excluding carboxylic acids is 2. The number of nitrogens with zero attached hydrogens (tertiary/aromatic N) is 1. The molecule has 1 rings (SSSR count). The quantitative estimate of drug-likeness (QED) is 0.721. The van der Waals surface area contributed by atoms with E-state index in [1.807, 2.05) is 24.3 Å². The van der Waals surface area contributed by atoms with Crippen molar-refractivity contribution in [2.24, 2.45) is 0 Å². The van der Waals surface area contributed by atoms with E-state index >= 15 is 0 Å². The molecular weight excluding hydrogens is 230 g/mol. The molecule has 0 saturated carbocycles. The fourth-order valence-corrected chi connectivity index (χ4v) is 1.60. The van der Waals surface area contributed by atoms with Crippen molar-refractivity contribution in [2.75, 3.05) is 20.7 Å². The van der Waals surface area contributed by atoms with Crippen LogP contribution in [0.3, 0.4) is 0 Å². The van der Waals surface area contributed by atoms with Crippen molar-refractivity contribution < 1.29 is 14.3 Å². The SMILES string of the molecule is COc1cccc(CCN(C)C(=O)CC(C)=O)c1. The van der Waals surface area contributed by atoms with Crippen LogP contribution in [0.25, 0.3) is 0 Å². The summed E-state index contributed by atoms with van der Waals surface area (Å²) in [5.41, 5.74) is 1.11. The first kappa shape index (κ1) is 14.2. The van der Waals surface area contributed by atoms with E-state index in [0.29, 0.717) is 6.54 Å². The lowest BCUT2D eigenvalue weighted by Crippen LogP contribution is -2.30. The zero-order chi connectivity index (χ0) is 13.5. The molecule has 0 aromatic heterocycles. The van der Waals surface area contributed by atoms with Gasteiger partial charge in [-0.15, -0.1) is 0 Å². The Bertz CT molecular complexity index is 429. The lowest BCUT2D eigenvalue weighted by Gasteiger charge is -2.16. The number of ketones is 1. The van der Waals surface area contributed by atoms with Gasteiger partial charge >= 0.3 is 0 Å². The minimum Gasteiger partial charge on any atom is -0.497 e. The third kappa shape index (κ3) is 4.57. The summed E-state index contributed by atoms with van der Waals surface area (Å²) in [6.45, 7) is 2.02. The van der Waals surface area contributed by atoms with E-state index in [2.05, 4.69) is 0 Å². The van der Waals surface area contributed by atoms with Crippen LogP contribution in [-0.2, 0) is 16.0 Å². The summed E-state index contributed by atoms with van der Waals surface area (Å²) in [6, 6.07) is 7.74. The highest BCUT2D eigenvalue weighted by atomic mass is 16.5. The van der Waals surface area contributed by atoms with Gasteiger partial charge in [-0.2, -0.15) is 0 Å². The molecule has 0 atom stereocenters. The van der Waals surface area contributed by atoms with Crippen LogP contribution in [0, 0.1) is 0 Å². The molecule has 18 heavy (non-hydrogen) atoms. The minimum absolute atomic E-state index is 0.0192. The molecular formula is C14H19NO3. The molecule has 0 bridgehead atoms. The first-order chi connectivity index (χ1) is 8.52. The average molecular weight is 249 g/mol. The van der Waals surface area contributed by atoms with E-state index in [1.54, 1.807) is 19.1 Å². The van der Waals surface area contributed by atoms with E-state index in [1.165, 1.54) is 6.92 Å². The van der Waals surface area contributed by atoms with Crippen molar-refractivity contribution in [1.82, 2.24) is 4.90 Å². The lowest BCUT2D eigenvalue weighted by atomic mass is 10.1. The normalized spacial score (nSPS) is 9.94. The molecule has 0 fully saturated rings. The zero-order valence-corrected chi connectivity index (χ0v) is 11.1. The molecule has 4 nitrogen and oxygen atoms in total. The monoisotopic (exact) mass is 249 g/mol. The van der Waals surface area contributed by atoms with Crippen molar-refractivity contribution in [3.05, 3.63) is 29.8 Å². The minimum atomic E-state index is -0.134. The van der Waals surface area contributed by atoms with Crippen molar-refractivity contribution in [2.45, 2.75) is 19.8 Å². The van der Waals surface area contributed by atoms with Gasteiger partial charge in [-0.3, -0.25) is 9.59 Å². The van der Waals surface area contributed by atoms with Crippen LogP contribution in [0.1, 0.15) is 18.9 Å². The Balaban J connectivity index is 2.48. The maximum atomic E-state index is 11.6. The Labute approximate surface area is 108 Å². The third-order valence-corrected chi connectivity index (χ3v) is 2.70. The van der Waals surface area contributed by atoms with Crippen LogP contribution < -0.4 is 4.74 Å². The molecule has 0 unspecified atom stereocenters. The summed E-state index contributed by atoms with van der Waals surface area (Å²) >= 11 is 0. The van der Waals surface area contributed by atoms with Crippen LogP contribution in [0.4, 0.5) is 0 Å². The van der Waals surface area contributed by atoms with E-state index < -0.39 is 0 Å². The van der Waals surface area contributed by atoms with Crippen molar-refractivity contribution in [3.63, 3.8) is 0 Å². The second kappa shape index (κ2) is 6.79. The summed E-state index contributed by atoms with van der Waals surface area (Å²) < 4.78 is 5.14. The average Bonchev–Trinajstić information content (AvgIpc) is 2.35. The van der Waals surface area contributed by atoms with Gasteiger partial charge in [0.2, 0.25) is 5.91 Å². The molecule has 0 spiro atoms. The Morgan fingerprint density at radius 2 is 2.06 bits per heavy atom. The topological polar surface area (TPSA) is 46.6 Å². The predicted octanol–water partition coefficient (Wildman–Crippen LogP) is 1.68. The molecule has 1 aromatic rings. The standard InChI is InChI=1S/C14H19NO3/c1-11(16)9-14(17)15(2)8-7-12-5-4-6-13(10-12)18-3/h4-6,10H,7-9H2,1-3H3. The Hall–Kier alpha value is -1.84. The predicted molar refractivity (Wildman–Crippen MR) is 69.6 cm³/mol. The van der Waals surface area contributed by atoms with Gasteiger partial charge in [0.1, 0.15) is 11.5 Å². The molecule has 0 aliphatic heterocycles. The van der Waals surface area contributed by atoms with Gasteiger partial charge in [0.05, 0.1) is 13.5 Å². The molecule has 0 radical (unpaired) electrons. The number of methoxy groups -OCH3 is 1. The van der Waals surface area contributed by atoms with Crippen LogP contribution in [0.5, 0.6) is 5.75 Å². The Morgan fingerprint density at radius 3 is 2.67 bits per heavy atom. The smallest absolute Gasteiger partial charge is 0.229 e. The van der Waals surface area contributed by atoms with Gasteiger partial charge in [0, 0.05) is 13.6 Å². The maximum absolute atomic E-state index is 11.6. The summed E-state index contributed by atoms with van der Waals surface area (Å²) in [5.74, 6) is 0.573. The van der Waals surface area contributed by atoms with Crippen LogP contribution in [-0.4, -0.2) is 37.3 Å². The largest absolute Gasteiger partial charge is 0.497 e. The van der Waals surface area contributed by atoms with Crippen LogP contribution in [0.2, 0.25) is 0 Å². The highest BCUT2D eigenvalue weighted by molar-refractivity contribution is 5.96. The van der Waals surface area contributed by atoms with Gasteiger partial charge in [-0.1, -0.05) is 12.1 Å². The van der Waals surface area contributed by atoms with Gasteiger partial charge in [0.15, 0.2) is 0 Å². The molecule has 98 valence electrons. The number of amides is 1. The summed E-state index contributed by atoms with van der Waals surface area (Å²) in [5, 5.41) is 0. The zero-order valence-electron chi connectivity index (χ0n) is 11.1. The molecule has 0 aliphatic rings. The van der Waals surface area contributed by atoms with Gasteiger partial charge in [-0.05, 0) is 31.0 Å². The van der Waals surface area contributed by atoms with Crippen LogP contribution in [0.15, 0.2) is 24.3 Å². The Morgan fingerprint density at radius 1 is 1.33 bits per heavy atom. The molecule has 1 amide bonds. The third-order valence-electron chi connectivity index (χ3n) is 2.70. The fraction of sp³-hybridized carbons (Fsp3) is 0.429. The second-order valence-electron chi connectivity index (χ2n) is 4.30. The van der Waals surface area contributed by atoms with Gasteiger partial charge in [0.25, 0.3) is 0 Å². The Kier molecular flexibility index (Phi) is 5.36. The van der Waals surface area contributed by atoms with Crippen molar-refractivity contribution >= 4 is 11.7 Å². The molecule has 4 heteroatoms. The fourth-order valence-electron chi connectivity index (χ4n) is 1.60. The molecule has 0 aliphatic carbocycles. The molecule has 1 aromatic carbocycles. The van der Waals surface area contributed by atoms with Crippen molar-refractivity contribution in [1.29, 1.82) is 0 Å². The number of rotatable bonds is 6. The van der Waals surface area contributed by atoms with E-state index in [0.717, 1.165) is 17.7 Å². The highest BCUT2D eigenvalue weighted by Gasteiger charge is 2.10. The number of carbonyl (C=O) groups is 2.